The van der Waals surface area contributed by atoms with E-state index in [4.69, 9.17) is 16.3 Å². The van der Waals surface area contributed by atoms with Crippen LogP contribution in [-0.2, 0) is 4.74 Å². The monoisotopic (exact) mass is 287 g/mol. The summed E-state index contributed by atoms with van der Waals surface area (Å²) in [4.78, 5) is 14.4. The smallest absolute Gasteiger partial charge is 0.410 e. The first-order valence-electron chi connectivity index (χ1n) is 7.84. The van der Waals surface area contributed by atoms with Gasteiger partial charge in [-0.25, -0.2) is 4.79 Å². The molecule has 4 heteroatoms. The fraction of sp³-hybridized carbons (Fsp3) is 0.933. The molecule has 0 radical (unpaired) electrons. The van der Waals surface area contributed by atoms with Crippen LogP contribution in [0.1, 0.15) is 64.2 Å². The lowest BCUT2D eigenvalue weighted by molar-refractivity contribution is 0.0487. The van der Waals surface area contributed by atoms with Crippen molar-refractivity contribution in [2.45, 2.75) is 76.3 Å². The SMILES string of the molecule is O=C(OCCCl)N(C1CCCCC1)C1CCCCC1. The van der Waals surface area contributed by atoms with Gasteiger partial charge in [-0.1, -0.05) is 38.5 Å². The van der Waals surface area contributed by atoms with Crippen molar-refractivity contribution in [1.29, 1.82) is 0 Å². The molecule has 0 aromatic carbocycles. The van der Waals surface area contributed by atoms with Gasteiger partial charge < -0.3 is 9.64 Å². The van der Waals surface area contributed by atoms with E-state index in [2.05, 4.69) is 4.90 Å². The Morgan fingerprint density at radius 1 is 0.947 bits per heavy atom. The quantitative estimate of drug-likeness (QED) is 0.720. The van der Waals surface area contributed by atoms with E-state index in [1.54, 1.807) is 0 Å². The van der Waals surface area contributed by atoms with Gasteiger partial charge in [-0.2, -0.15) is 0 Å². The average molecular weight is 288 g/mol. The van der Waals surface area contributed by atoms with Gasteiger partial charge in [-0.05, 0) is 25.7 Å². The van der Waals surface area contributed by atoms with Crippen molar-refractivity contribution in [3.05, 3.63) is 0 Å². The second-order valence-corrected chi connectivity index (χ2v) is 6.17. The van der Waals surface area contributed by atoms with Gasteiger partial charge in [0.2, 0.25) is 0 Å². The van der Waals surface area contributed by atoms with Crippen molar-refractivity contribution in [3.8, 4) is 0 Å². The fourth-order valence-corrected chi connectivity index (χ4v) is 3.59. The van der Waals surface area contributed by atoms with Crippen LogP contribution in [0.25, 0.3) is 0 Å². The highest BCUT2D eigenvalue weighted by Crippen LogP contribution is 2.30. The third-order valence-corrected chi connectivity index (χ3v) is 4.60. The minimum Gasteiger partial charge on any atom is -0.448 e. The summed E-state index contributed by atoms with van der Waals surface area (Å²) in [5.41, 5.74) is 0. The highest BCUT2D eigenvalue weighted by atomic mass is 35.5. The summed E-state index contributed by atoms with van der Waals surface area (Å²) in [6.45, 7) is 0.330. The predicted octanol–water partition coefficient (Wildman–Crippen LogP) is 4.33. The lowest BCUT2D eigenvalue weighted by Crippen LogP contribution is -2.49. The number of hydrogen-bond acceptors (Lipinski definition) is 2. The van der Waals surface area contributed by atoms with E-state index in [0.29, 0.717) is 24.6 Å². The zero-order chi connectivity index (χ0) is 13.5. The molecule has 0 bridgehead atoms. The molecule has 110 valence electrons. The summed E-state index contributed by atoms with van der Waals surface area (Å²) in [7, 11) is 0. The molecule has 2 aliphatic rings. The Hall–Kier alpha value is -0.440. The van der Waals surface area contributed by atoms with E-state index in [9.17, 15) is 4.79 Å². The summed E-state index contributed by atoms with van der Waals surface area (Å²) < 4.78 is 5.31. The Kier molecular flexibility index (Phi) is 6.29. The molecule has 19 heavy (non-hydrogen) atoms. The third kappa shape index (κ3) is 4.27. The number of amides is 1. The first kappa shape index (κ1) is 15.0. The molecule has 0 N–H and O–H groups in total. The molecule has 0 atom stereocenters. The molecule has 0 saturated heterocycles. The Bertz CT molecular complexity index is 255. The molecule has 0 heterocycles. The van der Waals surface area contributed by atoms with Crippen molar-refractivity contribution in [2.75, 3.05) is 12.5 Å². The van der Waals surface area contributed by atoms with Crippen LogP contribution >= 0.6 is 11.6 Å². The molecule has 2 saturated carbocycles. The van der Waals surface area contributed by atoms with Crippen LogP contribution in [0.4, 0.5) is 4.79 Å². The fourth-order valence-electron chi connectivity index (χ4n) is 3.52. The van der Waals surface area contributed by atoms with Gasteiger partial charge in [0.25, 0.3) is 0 Å². The van der Waals surface area contributed by atoms with Crippen molar-refractivity contribution in [1.82, 2.24) is 4.90 Å². The maximum Gasteiger partial charge on any atom is 0.410 e. The number of alkyl halides is 1. The van der Waals surface area contributed by atoms with Crippen LogP contribution in [0.3, 0.4) is 0 Å². The van der Waals surface area contributed by atoms with Gasteiger partial charge in [0.15, 0.2) is 0 Å². The Morgan fingerprint density at radius 2 is 1.42 bits per heavy atom. The van der Waals surface area contributed by atoms with E-state index in [1.807, 2.05) is 0 Å². The molecule has 0 aromatic rings. The van der Waals surface area contributed by atoms with Gasteiger partial charge in [-0.15, -0.1) is 11.6 Å². The van der Waals surface area contributed by atoms with Crippen molar-refractivity contribution >= 4 is 17.7 Å². The second-order valence-electron chi connectivity index (χ2n) is 5.79. The maximum atomic E-state index is 12.3. The lowest BCUT2D eigenvalue weighted by Gasteiger charge is -2.40. The number of rotatable bonds is 4. The van der Waals surface area contributed by atoms with Crippen LogP contribution in [0.2, 0.25) is 0 Å². The largest absolute Gasteiger partial charge is 0.448 e. The highest BCUT2D eigenvalue weighted by Gasteiger charge is 2.33. The molecule has 1 amide bonds. The normalized spacial score (nSPS) is 22.2. The molecule has 0 unspecified atom stereocenters. The lowest BCUT2D eigenvalue weighted by atomic mass is 9.89. The van der Waals surface area contributed by atoms with Gasteiger partial charge in [-0.3, -0.25) is 0 Å². The van der Waals surface area contributed by atoms with E-state index >= 15 is 0 Å². The van der Waals surface area contributed by atoms with Gasteiger partial charge in [0.1, 0.15) is 6.61 Å². The molecule has 0 spiro atoms. The first-order chi connectivity index (χ1) is 9.33. The first-order valence-corrected chi connectivity index (χ1v) is 8.37. The molecular weight excluding hydrogens is 262 g/mol. The molecule has 2 rings (SSSR count). The summed E-state index contributed by atoms with van der Waals surface area (Å²) >= 11 is 5.63. The summed E-state index contributed by atoms with van der Waals surface area (Å²) in [5, 5.41) is 0. The molecule has 0 aliphatic heterocycles. The van der Waals surface area contributed by atoms with E-state index < -0.39 is 0 Å². The van der Waals surface area contributed by atoms with E-state index in [0.717, 1.165) is 25.7 Å². The third-order valence-electron chi connectivity index (χ3n) is 4.45. The van der Waals surface area contributed by atoms with Crippen LogP contribution in [0.5, 0.6) is 0 Å². The van der Waals surface area contributed by atoms with E-state index in [1.165, 1.54) is 38.5 Å². The number of nitrogens with zero attached hydrogens (tertiary/aromatic N) is 1. The zero-order valence-electron chi connectivity index (χ0n) is 11.8. The van der Waals surface area contributed by atoms with Crippen LogP contribution < -0.4 is 0 Å². The molecule has 2 aliphatic carbocycles. The Morgan fingerprint density at radius 3 is 1.84 bits per heavy atom. The summed E-state index contributed by atoms with van der Waals surface area (Å²) in [6, 6.07) is 0.805. The molecular formula is C15H26ClNO2. The van der Waals surface area contributed by atoms with E-state index in [-0.39, 0.29) is 6.09 Å². The Balaban J connectivity index is 1.99. The minimum atomic E-state index is -0.126. The number of halogens is 1. The number of hydrogen-bond donors (Lipinski definition) is 0. The second kappa shape index (κ2) is 7.98. The van der Waals surface area contributed by atoms with Crippen LogP contribution in [-0.4, -0.2) is 35.6 Å². The van der Waals surface area contributed by atoms with Crippen LogP contribution in [0, 0.1) is 0 Å². The van der Waals surface area contributed by atoms with Gasteiger partial charge in [0, 0.05) is 12.1 Å². The number of ether oxygens (including phenoxy) is 1. The van der Waals surface area contributed by atoms with Crippen molar-refractivity contribution < 1.29 is 9.53 Å². The van der Waals surface area contributed by atoms with Crippen LogP contribution in [0.15, 0.2) is 0 Å². The van der Waals surface area contributed by atoms with Crippen molar-refractivity contribution in [2.24, 2.45) is 0 Å². The zero-order valence-corrected chi connectivity index (χ0v) is 12.5. The molecule has 0 aromatic heterocycles. The number of carbonyl (C=O) groups is 1. The topological polar surface area (TPSA) is 29.5 Å². The highest BCUT2D eigenvalue weighted by molar-refractivity contribution is 6.18. The van der Waals surface area contributed by atoms with Crippen molar-refractivity contribution in [3.63, 3.8) is 0 Å². The Labute approximate surface area is 121 Å². The molecule has 2 fully saturated rings. The minimum absolute atomic E-state index is 0.126. The van der Waals surface area contributed by atoms with Gasteiger partial charge in [0.05, 0.1) is 5.88 Å². The summed E-state index contributed by atoms with van der Waals surface area (Å²) in [5.74, 6) is 0.384. The average Bonchev–Trinajstić information content (AvgIpc) is 2.47. The maximum absolute atomic E-state index is 12.3. The molecule has 3 nitrogen and oxygen atoms in total. The summed E-state index contributed by atoms with van der Waals surface area (Å²) in [6.07, 6.45) is 12.1. The number of carbonyl (C=O) groups excluding carboxylic acids is 1. The standard InChI is InChI=1S/C15H26ClNO2/c16-11-12-19-15(18)17(13-7-3-1-4-8-13)14-9-5-2-6-10-14/h13-14H,1-12H2. The predicted molar refractivity (Wildman–Crippen MR) is 77.7 cm³/mol. The van der Waals surface area contributed by atoms with Gasteiger partial charge >= 0.3 is 6.09 Å².